The van der Waals surface area contributed by atoms with Gasteiger partial charge in [0.25, 0.3) is 0 Å². The zero-order valence-electron chi connectivity index (χ0n) is 17.7. The minimum Gasteiger partial charge on any atom is -0.493 e. The largest absolute Gasteiger partial charge is 0.493 e. The number of anilines is 1. The van der Waals surface area contributed by atoms with Gasteiger partial charge >= 0.3 is 0 Å². The van der Waals surface area contributed by atoms with Gasteiger partial charge in [-0.3, -0.25) is 4.99 Å². The fraction of sp³-hybridized carbons (Fsp3) is 0.571. The van der Waals surface area contributed by atoms with Crippen LogP contribution in [0.2, 0.25) is 0 Å². The molecule has 0 unspecified atom stereocenters. The second-order valence-corrected chi connectivity index (χ2v) is 8.31. The highest BCUT2D eigenvalue weighted by Crippen LogP contribution is 2.30. The third-order valence-electron chi connectivity index (χ3n) is 5.42. The third-order valence-corrected chi connectivity index (χ3v) is 6.23. The van der Waals surface area contributed by atoms with Crippen LogP contribution >= 0.6 is 35.5 Å². The molecule has 2 heterocycles. The lowest BCUT2D eigenvalue weighted by molar-refractivity contribution is 0.296. The van der Waals surface area contributed by atoms with Crippen LogP contribution in [-0.2, 0) is 13.0 Å². The van der Waals surface area contributed by atoms with Gasteiger partial charge in [-0.15, -0.1) is 24.0 Å². The molecular formula is C21H31IN6OS. The highest BCUT2D eigenvalue weighted by molar-refractivity contribution is 14.0. The van der Waals surface area contributed by atoms with Gasteiger partial charge in [0.1, 0.15) is 11.6 Å². The van der Waals surface area contributed by atoms with E-state index in [9.17, 15) is 0 Å². The normalized spacial score (nSPS) is 16.9. The number of nitrogens with zero attached hydrogens (tertiary/aromatic N) is 5. The average molecular weight is 542 g/mol. The number of hydrogen-bond acceptors (Lipinski definition) is 6. The zero-order chi connectivity index (χ0) is 20.1. The molecule has 0 bridgehead atoms. The molecule has 0 amide bonds. The Kier molecular flexibility index (Phi) is 8.55. The molecule has 0 atom stereocenters. The SMILES string of the molecule is CCc1nsc(N2CCN(C(=NC)NCc3ccccc3OCC3CC3)CC2)n1.I. The van der Waals surface area contributed by atoms with Crippen molar-refractivity contribution in [2.45, 2.75) is 32.7 Å². The number of para-hydroxylation sites is 1. The number of nitrogens with one attached hydrogen (secondary N) is 1. The van der Waals surface area contributed by atoms with Crippen LogP contribution < -0.4 is 15.0 Å². The Morgan fingerprint density at radius 2 is 2.00 bits per heavy atom. The topological polar surface area (TPSA) is 65.9 Å². The summed E-state index contributed by atoms with van der Waals surface area (Å²) in [4.78, 5) is 13.8. The summed E-state index contributed by atoms with van der Waals surface area (Å²) >= 11 is 1.50. The molecular weight excluding hydrogens is 511 g/mol. The number of guanidine groups is 1. The molecule has 1 aromatic heterocycles. The minimum absolute atomic E-state index is 0. The predicted octanol–water partition coefficient (Wildman–Crippen LogP) is 3.40. The molecule has 2 aliphatic rings. The maximum absolute atomic E-state index is 6.03. The van der Waals surface area contributed by atoms with Gasteiger partial charge in [0.15, 0.2) is 5.96 Å². The van der Waals surface area contributed by atoms with Crippen molar-refractivity contribution in [3.05, 3.63) is 35.7 Å². The molecule has 1 saturated heterocycles. The predicted molar refractivity (Wildman–Crippen MR) is 133 cm³/mol. The molecule has 164 valence electrons. The number of aliphatic imine (C=N–C) groups is 1. The number of rotatable bonds is 7. The summed E-state index contributed by atoms with van der Waals surface area (Å²) in [7, 11) is 1.85. The number of hydrogen-bond donors (Lipinski definition) is 1. The molecule has 1 aromatic carbocycles. The summed E-state index contributed by atoms with van der Waals surface area (Å²) in [5, 5.41) is 4.55. The van der Waals surface area contributed by atoms with Crippen LogP contribution in [0.25, 0.3) is 0 Å². The van der Waals surface area contributed by atoms with Crippen molar-refractivity contribution in [3.8, 4) is 5.75 Å². The Morgan fingerprint density at radius 3 is 2.67 bits per heavy atom. The standard InChI is InChI=1S/C21H30N6OS.HI/c1-3-19-24-21(29-25-19)27-12-10-26(11-13-27)20(22-2)23-14-17-6-4-5-7-18(17)28-15-16-8-9-16;/h4-7,16H,3,8-15H2,1-2H3,(H,22,23);1H. The highest BCUT2D eigenvalue weighted by Gasteiger charge is 2.23. The van der Waals surface area contributed by atoms with Gasteiger partial charge in [0.05, 0.1) is 6.61 Å². The quantitative estimate of drug-likeness (QED) is 0.329. The van der Waals surface area contributed by atoms with Crippen LogP contribution in [-0.4, -0.2) is 60.1 Å². The average Bonchev–Trinajstić information content (AvgIpc) is 3.48. The van der Waals surface area contributed by atoms with Gasteiger partial charge in [-0.05, 0) is 24.8 Å². The van der Waals surface area contributed by atoms with Gasteiger partial charge in [-0.25, -0.2) is 4.98 Å². The molecule has 2 fully saturated rings. The fourth-order valence-electron chi connectivity index (χ4n) is 3.42. The summed E-state index contributed by atoms with van der Waals surface area (Å²) in [5.74, 6) is 3.61. The number of aromatic nitrogens is 2. The van der Waals surface area contributed by atoms with Crippen molar-refractivity contribution in [2.75, 3.05) is 44.7 Å². The first-order valence-corrected chi connectivity index (χ1v) is 11.3. The van der Waals surface area contributed by atoms with Crippen molar-refractivity contribution in [2.24, 2.45) is 10.9 Å². The number of halogens is 1. The van der Waals surface area contributed by atoms with E-state index < -0.39 is 0 Å². The van der Waals surface area contributed by atoms with Gasteiger partial charge in [0, 0.05) is 63.3 Å². The van der Waals surface area contributed by atoms with E-state index in [-0.39, 0.29) is 24.0 Å². The molecule has 0 radical (unpaired) electrons. The summed E-state index contributed by atoms with van der Waals surface area (Å²) in [6, 6.07) is 8.29. The van der Waals surface area contributed by atoms with E-state index in [1.807, 2.05) is 13.1 Å². The zero-order valence-corrected chi connectivity index (χ0v) is 20.9. The molecule has 7 nitrogen and oxygen atoms in total. The molecule has 9 heteroatoms. The van der Waals surface area contributed by atoms with Crippen molar-refractivity contribution in [1.29, 1.82) is 0 Å². The van der Waals surface area contributed by atoms with Crippen molar-refractivity contribution in [1.82, 2.24) is 19.6 Å². The summed E-state index contributed by atoms with van der Waals surface area (Å²) in [6.45, 7) is 7.33. The Morgan fingerprint density at radius 1 is 1.23 bits per heavy atom. The van der Waals surface area contributed by atoms with Crippen molar-refractivity contribution in [3.63, 3.8) is 0 Å². The van der Waals surface area contributed by atoms with Crippen LogP contribution in [0.15, 0.2) is 29.3 Å². The van der Waals surface area contributed by atoms with Gasteiger partial charge in [-0.2, -0.15) is 4.37 Å². The molecule has 2 aromatic rings. The number of piperazine rings is 1. The Hall–Kier alpha value is -1.62. The van der Waals surface area contributed by atoms with E-state index in [1.54, 1.807) is 0 Å². The molecule has 1 saturated carbocycles. The Balaban J connectivity index is 0.00000256. The monoisotopic (exact) mass is 542 g/mol. The third kappa shape index (κ3) is 5.96. The van der Waals surface area contributed by atoms with Crippen LogP contribution in [0.1, 0.15) is 31.2 Å². The molecule has 0 spiro atoms. The van der Waals surface area contributed by atoms with E-state index in [4.69, 9.17) is 4.74 Å². The molecule has 4 rings (SSSR count). The lowest BCUT2D eigenvalue weighted by atomic mass is 10.2. The maximum atomic E-state index is 6.03. The van der Waals surface area contributed by atoms with Crippen LogP contribution in [0.3, 0.4) is 0 Å². The lowest BCUT2D eigenvalue weighted by Crippen LogP contribution is -2.52. The first kappa shape index (κ1) is 23.1. The van der Waals surface area contributed by atoms with Crippen LogP contribution in [0.4, 0.5) is 5.13 Å². The summed E-state index contributed by atoms with van der Waals surface area (Å²) in [6.07, 6.45) is 3.49. The smallest absolute Gasteiger partial charge is 0.205 e. The molecule has 30 heavy (non-hydrogen) atoms. The number of ether oxygens (including phenoxy) is 1. The van der Waals surface area contributed by atoms with E-state index in [1.165, 1.54) is 29.9 Å². The fourth-order valence-corrected chi connectivity index (χ4v) is 4.22. The van der Waals surface area contributed by atoms with Gasteiger partial charge in [0.2, 0.25) is 5.13 Å². The van der Waals surface area contributed by atoms with Crippen LogP contribution in [0, 0.1) is 5.92 Å². The molecule has 1 aliphatic carbocycles. The second kappa shape index (κ2) is 11.1. The molecule has 1 aliphatic heterocycles. The van der Waals surface area contributed by atoms with E-state index in [2.05, 4.69) is 54.6 Å². The van der Waals surface area contributed by atoms with E-state index in [0.29, 0.717) is 6.54 Å². The first-order valence-electron chi connectivity index (χ1n) is 10.5. The summed E-state index contributed by atoms with van der Waals surface area (Å²) < 4.78 is 10.4. The Labute approximate surface area is 200 Å². The van der Waals surface area contributed by atoms with E-state index in [0.717, 1.165) is 67.8 Å². The minimum atomic E-state index is 0. The first-order chi connectivity index (χ1) is 14.3. The summed E-state index contributed by atoms with van der Waals surface area (Å²) in [5.41, 5.74) is 1.17. The lowest BCUT2D eigenvalue weighted by Gasteiger charge is -2.36. The highest BCUT2D eigenvalue weighted by atomic mass is 127. The maximum Gasteiger partial charge on any atom is 0.205 e. The second-order valence-electron chi connectivity index (χ2n) is 7.58. The van der Waals surface area contributed by atoms with E-state index >= 15 is 0 Å². The van der Waals surface area contributed by atoms with Crippen LogP contribution in [0.5, 0.6) is 5.75 Å². The number of aryl methyl sites for hydroxylation is 1. The van der Waals surface area contributed by atoms with Gasteiger partial charge in [-0.1, -0.05) is 25.1 Å². The van der Waals surface area contributed by atoms with Crippen molar-refractivity contribution >= 4 is 46.6 Å². The number of benzene rings is 1. The Bertz CT molecular complexity index is 832. The van der Waals surface area contributed by atoms with Crippen molar-refractivity contribution < 1.29 is 4.74 Å². The van der Waals surface area contributed by atoms with Gasteiger partial charge < -0.3 is 19.9 Å². The molecule has 1 N–H and O–H groups in total.